The average molecular weight is 463 g/mol. The average Bonchev–Trinajstić information content (AvgIpc) is 2.76. The Labute approximate surface area is 186 Å². The molecule has 0 spiro atoms. The molecule has 0 saturated carbocycles. The van der Waals surface area contributed by atoms with Crippen molar-refractivity contribution in [3.63, 3.8) is 0 Å². The highest BCUT2D eigenvalue weighted by Crippen LogP contribution is 2.30. The van der Waals surface area contributed by atoms with E-state index >= 15 is 0 Å². The second-order valence-electron chi connectivity index (χ2n) is 7.72. The fourth-order valence-corrected chi connectivity index (χ4v) is 3.08. The van der Waals surface area contributed by atoms with Gasteiger partial charge in [0.15, 0.2) is 0 Å². The summed E-state index contributed by atoms with van der Waals surface area (Å²) in [6.07, 6.45) is -4.53. The van der Waals surface area contributed by atoms with Gasteiger partial charge in [-0.15, -0.1) is 0 Å². The molecule has 1 amide bonds. The highest BCUT2D eigenvalue weighted by Gasteiger charge is 2.30. The summed E-state index contributed by atoms with van der Waals surface area (Å²) in [6.45, 7) is 3.18. The van der Waals surface area contributed by atoms with Crippen molar-refractivity contribution in [3.8, 4) is 16.9 Å². The van der Waals surface area contributed by atoms with Gasteiger partial charge in [-0.2, -0.15) is 23.0 Å². The molecule has 0 fully saturated rings. The molecule has 6 nitrogen and oxygen atoms in total. The van der Waals surface area contributed by atoms with Gasteiger partial charge in [0.1, 0.15) is 11.4 Å². The highest BCUT2D eigenvalue weighted by atomic mass is 19.4. The van der Waals surface area contributed by atoms with Crippen LogP contribution < -0.4 is 10.9 Å². The van der Waals surface area contributed by atoms with E-state index in [0.717, 1.165) is 47.1 Å². The minimum atomic E-state index is -4.53. The van der Waals surface area contributed by atoms with Crippen molar-refractivity contribution in [2.75, 3.05) is 6.61 Å². The minimum absolute atomic E-state index is 0.0304. The monoisotopic (exact) mass is 463 g/mol. The lowest BCUT2D eigenvalue weighted by Crippen LogP contribution is -2.43. The van der Waals surface area contributed by atoms with Crippen molar-refractivity contribution in [3.05, 3.63) is 81.9 Å². The van der Waals surface area contributed by atoms with Gasteiger partial charge < -0.3 is 10.4 Å². The Kier molecular flexibility index (Phi) is 6.97. The first-order chi connectivity index (χ1) is 15.5. The number of rotatable bonds is 6. The van der Waals surface area contributed by atoms with Crippen LogP contribution in [0.25, 0.3) is 16.9 Å². The van der Waals surface area contributed by atoms with Crippen LogP contribution in [0, 0.1) is 11.7 Å². The Bertz CT molecular complexity index is 1200. The van der Waals surface area contributed by atoms with E-state index in [1.807, 2.05) is 0 Å². The molecule has 33 heavy (non-hydrogen) atoms. The number of hydrogen-bond donors (Lipinski definition) is 2. The van der Waals surface area contributed by atoms with Crippen LogP contribution in [-0.4, -0.2) is 33.4 Å². The first kappa shape index (κ1) is 24.1. The second-order valence-corrected chi connectivity index (χ2v) is 7.72. The quantitative estimate of drug-likeness (QED) is 0.545. The normalized spacial score (nSPS) is 12.6. The highest BCUT2D eigenvalue weighted by molar-refractivity contribution is 5.95. The zero-order valence-corrected chi connectivity index (χ0v) is 17.7. The fourth-order valence-electron chi connectivity index (χ4n) is 3.08. The van der Waals surface area contributed by atoms with Gasteiger partial charge >= 0.3 is 6.18 Å². The van der Waals surface area contributed by atoms with Crippen LogP contribution in [-0.2, 0) is 6.18 Å². The lowest BCUT2D eigenvalue weighted by molar-refractivity contribution is -0.137. The molecular formula is C23H21F4N3O3. The van der Waals surface area contributed by atoms with Gasteiger partial charge in [-0.1, -0.05) is 32.0 Å². The van der Waals surface area contributed by atoms with Crippen molar-refractivity contribution in [2.24, 2.45) is 5.92 Å². The third-order valence-corrected chi connectivity index (χ3v) is 5.03. The minimum Gasteiger partial charge on any atom is -0.394 e. The first-order valence-electron chi connectivity index (χ1n) is 10.0. The fraction of sp³-hybridized carbons (Fsp3) is 0.261. The van der Waals surface area contributed by atoms with Gasteiger partial charge in [0.25, 0.3) is 11.5 Å². The number of aliphatic hydroxyl groups excluding tert-OH is 1. The van der Waals surface area contributed by atoms with E-state index in [-0.39, 0.29) is 35.0 Å². The van der Waals surface area contributed by atoms with E-state index in [2.05, 4.69) is 10.4 Å². The number of hydrogen-bond acceptors (Lipinski definition) is 4. The number of carbonyl (C=O) groups is 1. The molecule has 3 aromatic rings. The summed E-state index contributed by atoms with van der Waals surface area (Å²) < 4.78 is 53.3. The van der Waals surface area contributed by atoms with Crippen LogP contribution in [0.4, 0.5) is 17.6 Å². The van der Waals surface area contributed by atoms with Gasteiger partial charge in [0.05, 0.1) is 29.6 Å². The summed E-state index contributed by atoms with van der Waals surface area (Å²) in [4.78, 5) is 25.9. The van der Waals surface area contributed by atoms with Crippen LogP contribution >= 0.6 is 0 Å². The molecular weight excluding hydrogens is 442 g/mol. The molecule has 1 heterocycles. The summed E-state index contributed by atoms with van der Waals surface area (Å²) >= 11 is 0. The molecule has 0 bridgehead atoms. The lowest BCUT2D eigenvalue weighted by Gasteiger charge is -2.20. The molecule has 10 heteroatoms. The Morgan fingerprint density at radius 3 is 2.33 bits per heavy atom. The summed E-state index contributed by atoms with van der Waals surface area (Å²) in [5.41, 5.74) is -1.80. The van der Waals surface area contributed by atoms with E-state index in [1.54, 1.807) is 13.8 Å². The van der Waals surface area contributed by atoms with Crippen molar-refractivity contribution in [1.29, 1.82) is 0 Å². The molecule has 0 aliphatic heterocycles. The maximum Gasteiger partial charge on any atom is 0.416 e. The Morgan fingerprint density at radius 2 is 1.79 bits per heavy atom. The lowest BCUT2D eigenvalue weighted by atomic mass is 10.0. The third-order valence-electron chi connectivity index (χ3n) is 5.03. The first-order valence-corrected chi connectivity index (χ1v) is 10.0. The van der Waals surface area contributed by atoms with E-state index in [4.69, 9.17) is 0 Å². The van der Waals surface area contributed by atoms with E-state index in [0.29, 0.717) is 0 Å². The van der Waals surface area contributed by atoms with Gasteiger partial charge in [-0.25, -0.2) is 4.39 Å². The van der Waals surface area contributed by atoms with Gasteiger partial charge in [-0.05, 0) is 42.3 Å². The van der Waals surface area contributed by atoms with E-state index < -0.39 is 35.1 Å². The second kappa shape index (κ2) is 9.53. The molecule has 3 rings (SSSR count). The van der Waals surface area contributed by atoms with Crippen LogP contribution in [0.3, 0.4) is 0 Å². The van der Waals surface area contributed by atoms with Crippen molar-refractivity contribution < 1.29 is 27.5 Å². The number of carbonyl (C=O) groups excluding carboxylic acids is 1. The Hall–Kier alpha value is -3.53. The maximum absolute atomic E-state index is 13.8. The maximum atomic E-state index is 13.8. The van der Waals surface area contributed by atoms with Crippen molar-refractivity contribution in [2.45, 2.75) is 26.1 Å². The molecule has 174 valence electrons. The smallest absolute Gasteiger partial charge is 0.394 e. The van der Waals surface area contributed by atoms with Crippen molar-refractivity contribution >= 4 is 5.91 Å². The molecule has 0 radical (unpaired) electrons. The number of aliphatic hydroxyl groups is 1. The zero-order valence-electron chi connectivity index (χ0n) is 17.7. The number of aromatic nitrogens is 2. The molecule has 0 unspecified atom stereocenters. The number of benzene rings is 2. The summed E-state index contributed by atoms with van der Waals surface area (Å²) in [7, 11) is 0. The van der Waals surface area contributed by atoms with Gasteiger partial charge in [0.2, 0.25) is 0 Å². The predicted molar refractivity (Wildman–Crippen MR) is 113 cm³/mol. The SMILES string of the molecule is CC(C)[C@@H](CO)NC(=O)c1cc(-c2ccc(C(F)(F)F)cc2)nn(-c2cccc(F)c2)c1=O. The van der Waals surface area contributed by atoms with E-state index in [1.165, 1.54) is 12.1 Å². The topological polar surface area (TPSA) is 84.2 Å². The van der Waals surface area contributed by atoms with Crippen LogP contribution in [0.2, 0.25) is 0 Å². The zero-order chi connectivity index (χ0) is 24.3. The Balaban J connectivity index is 2.16. The molecule has 2 aromatic carbocycles. The number of nitrogens with one attached hydrogen (secondary N) is 1. The van der Waals surface area contributed by atoms with Crippen molar-refractivity contribution in [1.82, 2.24) is 15.1 Å². The Morgan fingerprint density at radius 1 is 1.12 bits per heavy atom. The summed E-state index contributed by atoms with van der Waals surface area (Å²) in [6, 6.07) is 9.52. The molecule has 1 atom stereocenters. The number of halogens is 4. The molecule has 0 aliphatic rings. The third kappa shape index (κ3) is 5.46. The molecule has 0 saturated heterocycles. The van der Waals surface area contributed by atoms with E-state index in [9.17, 15) is 32.3 Å². The van der Waals surface area contributed by atoms with Crippen LogP contribution in [0.15, 0.2) is 59.4 Å². The molecule has 1 aromatic heterocycles. The summed E-state index contributed by atoms with van der Waals surface area (Å²) in [5, 5.41) is 16.2. The standard InChI is InChI=1S/C23H21F4N3O3/c1-13(2)20(12-31)28-21(32)18-11-19(14-6-8-15(9-7-14)23(25,26)27)29-30(22(18)33)17-5-3-4-16(24)10-17/h3-11,13,20,31H,12H2,1-2H3,(H,28,32)/t20-/m1/s1. The van der Waals surface area contributed by atoms with Crippen LogP contribution in [0.1, 0.15) is 29.8 Å². The van der Waals surface area contributed by atoms with Crippen LogP contribution in [0.5, 0.6) is 0 Å². The molecule has 0 aliphatic carbocycles. The number of amides is 1. The predicted octanol–water partition coefficient (Wildman–Crippen LogP) is 3.80. The number of alkyl halides is 3. The van der Waals surface area contributed by atoms with Gasteiger partial charge in [0, 0.05) is 5.56 Å². The van der Waals surface area contributed by atoms with Gasteiger partial charge in [-0.3, -0.25) is 9.59 Å². The number of nitrogens with zero attached hydrogens (tertiary/aromatic N) is 2. The molecule has 2 N–H and O–H groups in total. The largest absolute Gasteiger partial charge is 0.416 e. The summed E-state index contributed by atoms with van der Waals surface area (Å²) in [5.74, 6) is -1.58.